The quantitative estimate of drug-likeness (QED) is 0.819. The Morgan fingerprint density at radius 2 is 2.41 bits per heavy atom. The van der Waals surface area contributed by atoms with Crippen molar-refractivity contribution in [3.05, 3.63) is 40.9 Å². The van der Waals surface area contributed by atoms with Gasteiger partial charge < -0.3 is 10.4 Å². The van der Waals surface area contributed by atoms with Gasteiger partial charge in [0, 0.05) is 4.47 Å². The maximum atomic E-state index is 11.0. The minimum Gasteiger partial charge on any atom is -0.480 e. The highest BCUT2D eigenvalue weighted by Crippen LogP contribution is 2.24. The third kappa shape index (κ3) is 3.33. The van der Waals surface area contributed by atoms with Crippen LogP contribution < -0.4 is 5.32 Å². The molecule has 1 atom stereocenters. The summed E-state index contributed by atoms with van der Waals surface area (Å²) in [6.07, 6.45) is 1.81. The number of nitrogens with one attached hydrogen (secondary N) is 1. The predicted molar refractivity (Wildman–Crippen MR) is 68.7 cm³/mol. The first kappa shape index (κ1) is 13.3. The van der Waals surface area contributed by atoms with Crippen LogP contribution in [0.1, 0.15) is 12.0 Å². The number of nitriles is 1. The van der Waals surface area contributed by atoms with Crippen molar-refractivity contribution in [3.63, 3.8) is 0 Å². The van der Waals surface area contributed by atoms with Gasteiger partial charge in [0.25, 0.3) is 0 Å². The number of rotatable bonds is 5. The van der Waals surface area contributed by atoms with Gasteiger partial charge in [-0.2, -0.15) is 5.26 Å². The van der Waals surface area contributed by atoms with Crippen molar-refractivity contribution >= 4 is 27.6 Å². The van der Waals surface area contributed by atoms with Gasteiger partial charge in [-0.25, -0.2) is 4.79 Å². The number of aliphatic carboxylic acids is 1. The molecule has 1 rings (SSSR count). The molecule has 0 saturated heterocycles. The number of carbonyl (C=O) groups is 1. The van der Waals surface area contributed by atoms with Gasteiger partial charge in [0.05, 0.1) is 11.3 Å². The lowest BCUT2D eigenvalue weighted by atomic mass is 10.1. The molecule has 0 bridgehead atoms. The Balaban J connectivity index is 3.01. The molecule has 1 aromatic carbocycles. The van der Waals surface area contributed by atoms with Crippen LogP contribution in [-0.2, 0) is 4.79 Å². The molecule has 0 fully saturated rings. The van der Waals surface area contributed by atoms with Gasteiger partial charge in [-0.05, 0) is 34.5 Å². The molecule has 0 aliphatic carbocycles. The summed E-state index contributed by atoms with van der Waals surface area (Å²) in [4.78, 5) is 11.0. The second kappa shape index (κ2) is 6.06. The van der Waals surface area contributed by atoms with E-state index in [0.717, 1.165) is 0 Å². The SMILES string of the molecule is C=CCC(Nc1cccc(Br)c1C#N)C(=O)O. The summed E-state index contributed by atoms with van der Waals surface area (Å²) in [5.74, 6) is -0.978. The van der Waals surface area contributed by atoms with E-state index in [1.807, 2.05) is 6.07 Å². The van der Waals surface area contributed by atoms with Crippen LogP contribution >= 0.6 is 15.9 Å². The van der Waals surface area contributed by atoms with E-state index < -0.39 is 12.0 Å². The third-order valence-corrected chi connectivity index (χ3v) is 2.82. The highest BCUT2D eigenvalue weighted by atomic mass is 79.9. The number of benzene rings is 1. The fourth-order valence-electron chi connectivity index (χ4n) is 1.33. The lowest BCUT2D eigenvalue weighted by Gasteiger charge is -2.15. The van der Waals surface area contributed by atoms with Gasteiger partial charge >= 0.3 is 5.97 Å². The van der Waals surface area contributed by atoms with E-state index in [0.29, 0.717) is 15.7 Å². The summed E-state index contributed by atoms with van der Waals surface area (Å²) >= 11 is 3.24. The summed E-state index contributed by atoms with van der Waals surface area (Å²) in [6, 6.07) is 6.37. The average molecular weight is 295 g/mol. The standard InChI is InChI=1S/C12H11BrN2O2/c1-2-4-11(12(16)17)15-10-6-3-5-9(13)8(10)7-14/h2-3,5-6,11,15H,1,4H2,(H,16,17). The van der Waals surface area contributed by atoms with Crippen molar-refractivity contribution < 1.29 is 9.90 Å². The first-order valence-electron chi connectivity index (χ1n) is 4.89. The monoisotopic (exact) mass is 294 g/mol. The van der Waals surface area contributed by atoms with E-state index in [-0.39, 0.29) is 6.42 Å². The highest BCUT2D eigenvalue weighted by molar-refractivity contribution is 9.10. The first-order chi connectivity index (χ1) is 8.10. The minimum absolute atomic E-state index is 0.284. The van der Waals surface area contributed by atoms with Crippen molar-refractivity contribution in [2.45, 2.75) is 12.5 Å². The van der Waals surface area contributed by atoms with E-state index in [2.05, 4.69) is 27.8 Å². The molecule has 1 unspecified atom stereocenters. The van der Waals surface area contributed by atoms with Crippen molar-refractivity contribution in [2.24, 2.45) is 0 Å². The van der Waals surface area contributed by atoms with Crippen LogP contribution in [0.3, 0.4) is 0 Å². The molecular formula is C12H11BrN2O2. The maximum Gasteiger partial charge on any atom is 0.326 e. The zero-order valence-corrected chi connectivity index (χ0v) is 10.6. The van der Waals surface area contributed by atoms with Crippen molar-refractivity contribution in [2.75, 3.05) is 5.32 Å². The van der Waals surface area contributed by atoms with E-state index >= 15 is 0 Å². The fourth-order valence-corrected chi connectivity index (χ4v) is 1.79. The van der Waals surface area contributed by atoms with Crippen LogP contribution in [0.5, 0.6) is 0 Å². The highest BCUT2D eigenvalue weighted by Gasteiger charge is 2.17. The fraction of sp³-hybridized carbons (Fsp3) is 0.167. The summed E-state index contributed by atoms with van der Waals surface area (Å²) in [5.41, 5.74) is 0.888. The molecule has 0 aromatic heterocycles. The Hall–Kier alpha value is -1.80. The number of anilines is 1. The normalized spacial score (nSPS) is 11.3. The second-order valence-electron chi connectivity index (χ2n) is 3.33. The summed E-state index contributed by atoms with van der Waals surface area (Å²) in [7, 11) is 0. The Bertz CT molecular complexity index is 480. The van der Waals surface area contributed by atoms with Crippen molar-refractivity contribution in [1.29, 1.82) is 5.26 Å². The average Bonchev–Trinajstić information content (AvgIpc) is 2.28. The number of carboxylic acids is 1. The van der Waals surface area contributed by atoms with Crippen molar-refractivity contribution in [3.8, 4) is 6.07 Å². The number of halogens is 1. The van der Waals surface area contributed by atoms with Gasteiger partial charge in [-0.3, -0.25) is 0 Å². The Morgan fingerprint density at radius 1 is 1.71 bits per heavy atom. The maximum absolute atomic E-state index is 11.0. The number of hydrogen-bond acceptors (Lipinski definition) is 3. The number of hydrogen-bond donors (Lipinski definition) is 2. The number of nitrogens with zero attached hydrogens (tertiary/aromatic N) is 1. The summed E-state index contributed by atoms with van der Waals surface area (Å²) < 4.78 is 0.632. The molecule has 0 aliphatic rings. The molecule has 2 N–H and O–H groups in total. The minimum atomic E-state index is -0.978. The van der Waals surface area contributed by atoms with Crippen LogP contribution in [0, 0.1) is 11.3 Å². The Labute approximate surface area is 108 Å². The van der Waals surface area contributed by atoms with Gasteiger partial charge in [-0.15, -0.1) is 6.58 Å². The van der Waals surface area contributed by atoms with Crippen LogP contribution in [-0.4, -0.2) is 17.1 Å². The van der Waals surface area contributed by atoms with E-state index in [9.17, 15) is 4.79 Å². The Kier molecular flexibility index (Phi) is 4.73. The van der Waals surface area contributed by atoms with Gasteiger partial charge in [0.15, 0.2) is 0 Å². The van der Waals surface area contributed by atoms with E-state index in [1.54, 1.807) is 18.2 Å². The second-order valence-corrected chi connectivity index (χ2v) is 4.19. The van der Waals surface area contributed by atoms with Crippen molar-refractivity contribution in [1.82, 2.24) is 0 Å². The molecular weight excluding hydrogens is 284 g/mol. The van der Waals surface area contributed by atoms with Gasteiger partial charge in [0.2, 0.25) is 0 Å². The van der Waals surface area contributed by atoms with Crippen LogP contribution in [0.25, 0.3) is 0 Å². The summed E-state index contributed by atoms with van der Waals surface area (Å²) in [6.45, 7) is 3.51. The molecule has 4 nitrogen and oxygen atoms in total. The molecule has 0 spiro atoms. The topological polar surface area (TPSA) is 73.1 Å². The lowest BCUT2D eigenvalue weighted by Crippen LogP contribution is -2.28. The Morgan fingerprint density at radius 3 is 2.94 bits per heavy atom. The molecule has 0 aliphatic heterocycles. The van der Waals surface area contributed by atoms with Crippen LogP contribution in [0.4, 0.5) is 5.69 Å². The molecule has 0 saturated carbocycles. The first-order valence-corrected chi connectivity index (χ1v) is 5.68. The van der Waals surface area contributed by atoms with E-state index in [1.165, 1.54) is 6.08 Å². The lowest BCUT2D eigenvalue weighted by molar-refractivity contribution is -0.137. The molecule has 0 radical (unpaired) electrons. The van der Waals surface area contributed by atoms with Gasteiger partial charge in [0.1, 0.15) is 12.1 Å². The predicted octanol–water partition coefficient (Wildman–Crippen LogP) is 2.76. The molecule has 5 heteroatoms. The molecule has 88 valence electrons. The van der Waals surface area contributed by atoms with Crippen LogP contribution in [0.15, 0.2) is 35.3 Å². The molecule has 0 amide bonds. The molecule has 17 heavy (non-hydrogen) atoms. The molecule has 0 heterocycles. The summed E-state index contributed by atoms with van der Waals surface area (Å²) in [5, 5.41) is 20.8. The smallest absolute Gasteiger partial charge is 0.326 e. The van der Waals surface area contributed by atoms with Crippen LogP contribution in [0.2, 0.25) is 0 Å². The number of carboxylic acid groups (broad SMARTS) is 1. The zero-order chi connectivity index (χ0) is 12.8. The van der Waals surface area contributed by atoms with Gasteiger partial charge in [-0.1, -0.05) is 12.1 Å². The third-order valence-electron chi connectivity index (χ3n) is 2.16. The molecule has 1 aromatic rings. The zero-order valence-electron chi connectivity index (χ0n) is 8.98. The largest absolute Gasteiger partial charge is 0.480 e. The van der Waals surface area contributed by atoms with E-state index in [4.69, 9.17) is 10.4 Å².